The summed E-state index contributed by atoms with van der Waals surface area (Å²) in [6, 6.07) is 7.79. The molecule has 0 aliphatic carbocycles. The summed E-state index contributed by atoms with van der Waals surface area (Å²) in [4.78, 5) is 14.6. The quantitative estimate of drug-likeness (QED) is 0.928. The van der Waals surface area contributed by atoms with E-state index in [0.29, 0.717) is 12.0 Å². The molecule has 4 nitrogen and oxygen atoms in total. The number of carbonyl (C=O) groups excluding carboxylic acids is 1. The summed E-state index contributed by atoms with van der Waals surface area (Å²) < 4.78 is 5.14. The van der Waals surface area contributed by atoms with Crippen LogP contribution in [0.4, 0.5) is 0 Å². The van der Waals surface area contributed by atoms with E-state index in [4.69, 9.17) is 4.74 Å². The lowest BCUT2D eigenvalue weighted by molar-refractivity contribution is 0.0607. The molecule has 2 saturated heterocycles. The fraction of sp³-hybridized carbons (Fsp3) is 0.588. The summed E-state index contributed by atoms with van der Waals surface area (Å²) in [7, 11) is 1.67. The monoisotopic (exact) mass is 324 g/mol. The lowest BCUT2D eigenvalue weighted by Crippen LogP contribution is -2.44. The standard InChI is InChI=1S/C17H24N2O2.ClH/c1-21-12-14-3-2-4-15(11-14)16(20)19-9-6-17(7-10-19)5-8-18-13-17;/h2-4,11,18H,5-10,12-13H2,1H3;1H. The fourth-order valence-electron chi connectivity index (χ4n) is 3.55. The van der Waals surface area contributed by atoms with Gasteiger partial charge in [0.15, 0.2) is 0 Å². The van der Waals surface area contributed by atoms with E-state index in [9.17, 15) is 4.79 Å². The minimum atomic E-state index is 0. The minimum absolute atomic E-state index is 0. The summed E-state index contributed by atoms with van der Waals surface area (Å²) >= 11 is 0. The number of likely N-dealkylation sites (tertiary alicyclic amines) is 1. The lowest BCUT2D eigenvalue weighted by atomic mass is 9.78. The number of hydrogen-bond acceptors (Lipinski definition) is 3. The van der Waals surface area contributed by atoms with Crippen molar-refractivity contribution in [2.24, 2.45) is 5.41 Å². The van der Waals surface area contributed by atoms with E-state index in [1.165, 1.54) is 6.42 Å². The van der Waals surface area contributed by atoms with Crippen LogP contribution in [0.5, 0.6) is 0 Å². The van der Waals surface area contributed by atoms with Gasteiger partial charge in [0.05, 0.1) is 6.61 Å². The molecule has 2 fully saturated rings. The number of ether oxygens (including phenoxy) is 1. The number of amides is 1. The first-order valence-corrected chi connectivity index (χ1v) is 7.80. The summed E-state index contributed by atoms with van der Waals surface area (Å²) in [6.07, 6.45) is 3.52. The molecule has 3 rings (SSSR count). The Morgan fingerprint density at radius 3 is 2.73 bits per heavy atom. The van der Waals surface area contributed by atoms with Crippen molar-refractivity contribution in [3.63, 3.8) is 0 Å². The first kappa shape index (κ1) is 17.3. The van der Waals surface area contributed by atoms with Crippen LogP contribution in [0, 0.1) is 5.41 Å². The molecule has 0 aromatic heterocycles. The van der Waals surface area contributed by atoms with E-state index in [0.717, 1.165) is 50.1 Å². The van der Waals surface area contributed by atoms with Crippen LogP contribution in [0.1, 0.15) is 35.2 Å². The van der Waals surface area contributed by atoms with E-state index in [2.05, 4.69) is 5.32 Å². The summed E-state index contributed by atoms with van der Waals surface area (Å²) in [5, 5.41) is 3.46. The molecule has 2 aliphatic heterocycles. The van der Waals surface area contributed by atoms with Gasteiger partial charge in [-0.25, -0.2) is 0 Å². The molecule has 0 radical (unpaired) electrons. The average molecular weight is 325 g/mol. The van der Waals surface area contributed by atoms with Gasteiger partial charge in [0.25, 0.3) is 5.91 Å². The van der Waals surface area contributed by atoms with Crippen molar-refractivity contribution in [1.82, 2.24) is 10.2 Å². The number of nitrogens with one attached hydrogen (secondary N) is 1. The number of halogens is 1. The average Bonchev–Trinajstić information content (AvgIpc) is 2.96. The minimum Gasteiger partial charge on any atom is -0.380 e. The number of carbonyl (C=O) groups is 1. The van der Waals surface area contributed by atoms with Crippen molar-refractivity contribution in [3.8, 4) is 0 Å². The van der Waals surface area contributed by atoms with Crippen LogP contribution in [-0.4, -0.2) is 44.1 Å². The zero-order valence-electron chi connectivity index (χ0n) is 13.1. The highest BCUT2D eigenvalue weighted by atomic mass is 35.5. The van der Waals surface area contributed by atoms with Crippen LogP contribution in [-0.2, 0) is 11.3 Å². The third-order valence-electron chi connectivity index (χ3n) is 4.93. The Bertz CT molecular complexity index is 505. The number of piperidine rings is 1. The normalized spacial score (nSPS) is 20.0. The molecule has 0 bridgehead atoms. The maximum absolute atomic E-state index is 12.6. The number of rotatable bonds is 3. The Morgan fingerprint density at radius 1 is 1.32 bits per heavy atom. The first-order chi connectivity index (χ1) is 10.2. The maximum atomic E-state index is 12.6. The largest absolute Gasteiger partial charge is 0.380 e. The zero-order chi connectivity index (χ0) is 14.7. The van der Waals surface area contributed by atoms with Gasteiger partial charge in [0.2, 0.25) is 0 Å². The molecule has 0 unspecified atom stereocenters. The van der Waals surface area contributed by atoms with Gasteiger partial charge < -0.3 is 15.0 Å². The molecule has 5 heteroatoms. The highest BCUT2D eigenvalue weighted by molar-refractivity contribution is 5.94. The highest BCUT2D eigenvalue weighted by Gasteiger charge is 2.38. The fourth-order valence-corrected chi connectivity index (χ4v) is 3.55. The predicted octanol–water partition coefficient (Wildman–Crippen LogP) is 2.47. The Kier molecular flexibility index (Phi) is 5.84. The molecule has 1 aromatic rings. The van der Waals surface area contributed by atoms with E-state index in [-0.39, 0.29) is 18.3 Å². The topological polar surface area (TPSA) is 41.6 Å². The maximum Gasteiger partial charge on any atom is 0.253 e. The third kappa shape index (κ3) is 3.62. The molecule has 1 spiro atoms. The Morgan fingerprint density at radius 2 is 2.09 bits per heavy atom. The number of nitrogens with zero attached hydrogens (tertiary/aromatic N) is 1. The van der Waals surface area contributed by atoms with Crippen molar-refractivity contribution in [3.05, 3.63) is 35.4 Å². The molecular weight excluding hydrogens is 300 g/mol. The lowest BCUT2D eigenvalue weighted by Gasteiger charge is -2.39. The van der Waals surface area contributed by atoms with Gasteiger partial charge in [-0.15, -0.1) is 12.4 Å². The van der Waals surface area contributed by atoms with E-state index >= 15 is 0 Å². The van der Waals surface area contributed by atoms with Crippen LogP contribution in [0.3, 0.4) is 0 Å². The van der Waals surface area contributed by atoms with Gasteiger partial charge in [-0.3, -0.25) is 4.79 Å². The first-order valence-electron chi connectivity index (χ1n) is 7.80. The van der Waals surface area contributed by atoms with Crippen LogP contribution >= 0.6 is 12.4 Å². The third-order valence-corrected chi connectivity index (χ3v) is 4.93. The summed E-state index contributed by atoms with van der Waals surface area (Å²) in [5.74, 6) is 0.161. The molecule has 2 aliphatic rings. The molecule has 1 amide bonds. The molecular formula is C17H25ClN2O2. The summed E-state index contributed by atoms with van der Waals surface area (Å²) in [6.45, 7) is 4.57. The molecule has 0 saturated carbocycles. The number of hydrogen-bond donors (Lipinski definition) is 1. The van der Waals surface area contributed by atoms with E-state index < -0.39 is 0 Å². The SMILES string of the molecule is COCc1cccc(C(=O)N2CCC3(CCNC3)CC2)c1.Cl. The van der Waals surface area contributed by atoms with Gasteiger partial charge in [0, 0.05) is 32.3 Å². The van der Waals surface area contributed by atoms with Crippen LogP contribution in [0.15, 0.2) is 24.3 Å². The molecule has 0 atom stereocenters. The van der Waals surface area contributed by atoms with Gasteiger partial charge in [-0.05, 0) is 48.9 Å². The number of methoxy groups -OCH3 is 1. The second kappa shape index (κ2) is 7.44. The van der Waals surface area contributed by atoms with Crippen LogP contribution in [0.25, 0.3) is 0 Å². The van der Waals surface area contributed by atoms with E-state index in [1.807, 2.05) is 29.2 Å². The van der Waals surface area contributed by atoms with Crippen LogP contribution < -0.4 is 5.32 Å². The Balaban J connectivity index is 0.00000176. The van der Waals surface area contributed by atoms with Crippen molar-refractivity contribution in [2.45, 2.75) is 25.9 Å². The Labute approximate surface area is 138 Å². The number of benzene rings is 1. The molecule has 2 heterocycles. The second-order valence-corrected chi connectivity index (χ2v) is 6.35. The molecule has 1 aromatic carbocycles. The summed E-state index contributed by atoms with van der Waals surface area (Å²) in [5.41, 5.74) is 2.29. The molecule has 1 N–H and O–H groups in total. The highest BCUT2D eigenvalue weighted by Crippen LogP contribution is 2.37. The second-order valence-electron chi connectivity index (χ2n) is 6.35. The zero-order valence-corrected chi connectivity index (χ0v) is 14.0. The van der Waals surface area contributed by atoms with Gasteiger partial charge >= 0.3 is 0 Å². The van der Waals surface area contributed by atoms with Crippen molar-refractivity contribution < 1.29 is 9.53 Å². The molecule has 122 valence electrons. The Hall–Kier alpha value is -1.10. The predicted molar refractivity (Wildman–Crippen MR) is 89.5 cm³/mol. The van der Waals surface area contributed by atoms with Gasteiger partial charge in [0.1, 0.15) is 0 Å². The van der Waals surface area contributed by atoms with Crippen molar-refractivity contribution >= 4 is 18.3 Å². The van der Waals surface area contributed by atoms with Crippen molar-refractivity contribution in [2.75, 3.05) is 33.3 Å². The van der Waals surface area contributed by atoms with Crippen molar-refractivity contribution in [1.29, 1.82) is 0 Å². The molecule has 22 heavy (non-hydrogen) atoms. The van der Waals surface area contributed by atoms with Crippen LogP contribution in [0.2, 0.25) is 0 Å². The van der Waals surface area contributed by atoms with Gasteiger partial charge in [-0.2, -0.15) is 0 Å². The van der Waals surface area contributed by atoms with E-state index in [1.54, 1.807) is 7.11 Å². The van der Waals surface area contributed by atoms with Gasteiger partial charge in [-0.1, -0.05) is 12.1 Å². The smallest absolute Gasteiger partial charge is 0.253 e.